The quantitative estimate of drug-likeness (QED) is 0.643. The third kappa shape index (κ3) is 4.12. The summed E-state index contributed by atoms with van der Waals surface area (Å²) in [5.41, 5.74) is 0. The predicted molar refractivity (Wildman–Crippen MR) is 94.8 cm³/mol. The summed E-state index contributed by atoms with van der Waals surface area (Å²) in [5, 5.41) is 0.579. The van der Waals surface area contributed by atoms with E-state index in [4.69, 9.17) is 0 Å². The van der Waals surface area contributed by atoms with Crippen LogP contribution in [0.1, 0.15) is 20.3 Å². The molecule has 0 saturated heterocycles. The van der Waals surface area contributed by atoms with Gasteiger partial charge in [-0.25, -0.2) is 0 Å². The summed E-state index contributed by atoms with van der Waals surface area (Å²) in [6.45, 7) is 4.00. The van der Waals surface area contributed by atoms with Crippen LogP contribution in [0.2, 0.25) is 0 Å². The zero-order chi connectivity index (χ0) is 14.9. The lowest BCUT2D eigenvalue weighted by Gasteiger charge is -2.16. The molecule has 1 aliphatic rings. The van der Waals surface area contributed by atoms with E-state index in [2.05, 4.69) is 85.0 Å². The van der Waals surface area contributed by atoms with E-state index >= 15 is 0 Å². The van der Waals surface area contributed by atoms with E-state index in [9.17, 15) is 0 Å². The standard InChI is InChI=1S/C18H17S.C2H6/c1-4-10-16(11-5-1)19(17-12-6-2-7-13-17)18-14-8-3-9-15-18;1-2/h1-14,18H,15H2;1-2H3/q+1;. The Morgan fingerprint density at radius 2 is 1.29 bits per heavy atom. The summed E-state index contributed by atoms with van der Waals surface area (Å²) < 4.78 is 0. The van der Waals surface area contributed by atoms with E-state index in [1.807, 2.05) is 13.8 Å². The second-order valence-electron chi connectivity index (χ2n) is 4.55. The lowest BCUT2D eigenvalue weighted by atomic mass is 10.2. The van der Waals surface area contributed by atoms with Gasteiger partial charge in [0.2, 0.25) is 0 Å². The maximum Gasteiger partial charge on any atom is 0.161 e. The minimum Gasteiger partial charge on any atom is -0.0792 e. The van der Waals surface area contributed by atoms with E-state index in [0.717, 1.165) is 6.42 Å². The van der Waals surface area contributed by atoms with Crippen LogP contribution in [0, 0.1) is 0 Å². The minimum atomic E-state index is 0.124. The molecule has 0 aromatic heterocycles. The summed E-state index contributed by atoms with van der Waals surface area (Å²) in [6.07, 6.45) is 10.1. The summed E-state index contributed by atoms with van der Waals surface area (Å²) >= 11 is 0. The number of rotatable bonds is 3. The van der Waals surface area contributed by atoms with Crippen LogP contribution in [0.3, 0.4) is 0 Å². The first-order valence-corrected chi connectivity index (χ1v) is 8.90. The van der Waals surface area contributed by atoms with Gasteiger partial charge in [-0.3, -0.25) is 0 Å². The third-order valence-electron chi connectivity index (χ3n) is 3.24. The van der Waals surface area contributed by atoms with E-state index in [1.54, 1.807) is 0 Å². The Morgan fingerprint density at radius 1 is 0.762 bits per heavy atom. The molecule has 2 aromatic carbocycles. The summed E-state index contributed by atoms with van der Waals surface area (Å²) in [6, 6.07) is 21.7. The van der Waals surface area contributed by atoms with Crippen molar-refractivity contribution in [2.45, 2.75) is 35.3 Å². The highest BCUT2D eigenvalue weighted by atomic mass is 32.2. The molecule has 2 aromatic rings. The normalized spacial score (nSPS) is 16.4. The van der Waals surface area contributed by atoms with Crippen molar-refractivity contribution in [3.63, 3.8) is 0 Å². The molecule has 1 heteroatoms. The van der Waals surface area contributed by atoms with Crippen molar-refractivity contribution in [1.29, 1.82) is 0 Å². The molecule has 0 N–H and O–H groups in total. The van der Waals surface area contributed by atoms with Crippen LogP contribution in [0.15, 0.2) is 94.8 Å². The topological polar surface area (TPSA) is 0 Å². The molecule has 3 rings (SSSR count). The highest BCUT2D eigenvalue weighted by Gasteiger charge is 2.33. The molecule has 0 bridgehead atoms. The Balaban J connectivity index is 0.000000774. The summed E-state index contributed by atoms with van der Waals surface area (Å²) in [7, 11) is 0.124. The smallest absolute Gasteiger partial charge is 0.0792 e. The maximum absolute atomic E-state index is 2.35. The van der Waals surface area contributed by atoms with E-state index < -0.39 is 0 Å². The fourth-order valence-corrected chi connectivity index (χ4v) is 4.78. The van der Waals surface area contributed by atoms with Gasteiger partial charge in [0.25, 0.3) is 0 Å². The first-order valence-electron chi connectivity index (χ1n) is 7.62. The van der Waals surface area contributed by atoms with Gasteiger partial charge in [0, 0.05) is 6.42 Å². The van der Waals surface area contributed by atoms with Gasteiger partial charge in [0.1, 0.15) is 0 Å². The van der Waals surface area contributed by atoms with Crippen molar-refractivity contribution in [2.75, 3.05) is 0 Å². The third-order valence-corrected chi connectivity index (χ3v) is 5.75. The van der Waals surface area contributed by atoms with Gasteiger partial charge in [-0.1, -0.05) is 68.5 Å². The molecular weight excluding hydrogens is 272 g/mol. The zero-order valence-corrected chi connectivity index (χ0v) is 13.6. The van der Waals surface area contributed by atoms with Gasteiger partial charge in [0.15, 0.2) is 15.0 Å². The average Bonchev–Trinajstić information content (AvgIpc) is 2.60. The summed E-state index contributed by atoms with van der Waals surface area (Å²) in [5.74, 6) is 0. The first-order chi connectivity index (χ1) is 10.4. The van der Waals surface area contributed by atoms with Crippen LogP contribution in [-0.2, 0) is 10.9 Å². The van der Waals surface area contributed by atoms with E-state index in [0.29, 0.717) is 5.25 Å². The second-order valence-corrected chi connectivity index (χ2v) is 6.77. The molecule has 0 aliphatic heterocycles. The fraction of sp³-hybridized carbons (Fsp3) is 0.200. The van der Waals surface area contributed by atoms with Crippen LogP contribution in [0.5, 0.6) is 0 Å². The Labute approximate surface area is 131 Å². The zero-order valence-electron chi connectivity index (χ0n) is 12.8. The highest BCUT2D eigenvalue weighted by molar-refractivity contribution is 7.97. The molecule has 0 nitrogen and oxygen atoms in total. The van der Waals surface area contributed by atoms with Gasteiger partial charge < -0.3 is 0 Å². The van der Waals surface area contributed by atoms with Crippen LogP contribution in [-0.4, -0.2) is 5.25 Å². The molecule has 1 aliphatic carbocycles. The molecule has 108 valence electrons. The van der Waals surface area contributed by atoms with Crippen molar-refractivity contribution in [3.8, 4) is 0 Å². The molecular formula is C20H23S+. The first kappa shape index (κ1) is 15.7. The molecule has 1 unspecified atom stereocenters. The molecule has 0 heterocycles. The lowest BCUT2D eigenvalue weighted by Crippen LogP contribution is -2.20. The molecule has 1 atom stereocenters. The van der Waals surface area contributed by atoms with Crippen molar-refractivity contribution in [3.05, 3.63) is 85.0 Å². The average molecular weight is 295 g/mol. The van der Waals surface area contributed by atoms with Crippen LogP contribution in [0.4, 0.5) is 0 Å². The van der Waals surface area contributed by atoms with Gasteiger partial charge >= 0.3 is 0 Å². The molecule has 0 radical (unpaired) electrons. The van der Waals surface area contributed by atoms with Crippen LogP contribution in [0.25, 0.3) is 0 Å². The van der Waals surface area contributed by atoms with Gasteiger partial charge in [-0.05, 0) is 30.3 Å². The largest absolute Gasteiger partial charge is 0.161 e. The van der Waals surface area contributed by atoms with Crippen LogP contribution < -0.4 is 0 Å². The van der Waals surface area contributed by atoms with E-state index in [-0.39, 0.29) is 10.9 Å². The molecule has 0 fully saturated rings. The van der Waals surface area contributed by atoms with Gasteiger partial charge in [0.05, 0.1) is 10.9 Å². The van der Waals surface area contributed by atoms with E-state index in [1.165, 1.54) is 9.79 Å². The van der Waals surface area contributed by atoms with Gasteiger partial charge in [-0.15, -0.1) is 0 Å². The number of benzene rings is 2. The van der Waals surface area contributed by atoms with Crippen molar-refractivity contribution < 1.29 is 0 Å². The Morgan fingerprint density at radius 3 is 1.71 bits per heavy atom. The SMILES string of the molecule is C1=CCC([S+](c2ccccc2)c2ccccc2)C=C1.CC. The molecule has 0 spiro atoms. The second kappa shape index (κ2) is 8.53. The fourth-order valence-electron chi connectivity index (χ4n) is 2.35. The molecule has 0 saturated carbocycles. The number of allylic oxidation sites excluding steroid dienone is 3. The van der Waals surface area contributed by atoms with Gasteiger partial charge in [-0.2, -0.15) is 0 Å². The highest BCUT2D eigenvalue weighted by Crippen LogP contribution is 2.31. The number of hydrogen-bond acceptors (Lipinski definition) is 0. The summed E-state index contributed by atoms with van der Waals surface area (Å²) in [4.78, 5) is 2.86. The minimum absolute atomic E-state index is 0.124. The van der Waals surface area contributed by atoms with Crippen LogP contribution >= 0.6 is 0 Å². The molecule has 0 amide bonds. The van der Waals surface area contributed by atoms with Crippen molar-refractivity contribution >= 4 is 10.9 Å². The van der Waals surface area contributed by atoms with Crippen molar-refractivity contribution in [1.82, 2.24) is 0 Å². The predicted octanol–water partition coefficient (Wildman–Crippen LogP) is 5.63. The Kier molecular flexibility index (Phi) is 6.36. The Bertz CT molecular complexity index is 530. The maximum atomic E-state index is 2.35. The van der Waals surface area contributed by atoms with Crippen molar-refractivity contribution in [2.24, 2.45) is 0 Å². The number of hydrogen-bond donors (Lipinski definition) is 0. The lowest BCUT2D eigenvalue weighted by molar-refractivity contribution is 1.03. The Hall–Kier alpha value is -1.73. The monoisotopic (exact) mass is 295 g/mol. The molecule has 21 heavy (non-hydrogen) atoms.